The molecule has 0 saturated heterocycles. The molecule has 0 amide bonds. The maximum atomic E-state index is 13.1. The number of nitrogens with one attached hydrogen (secondary N) is 1. The van der Waals surface area contributed by atoms with Crippen LogP contribution in [0, 0.1) is 11.7 Å². The van der Waals surface area contributed by atoms with Gasteiger partial charge in [-0.2, -0.15) is 0 Å². The highest BCUT2D eigenvalue weighted by molar-refractivity contribution is 5.19. The van der Waals surface area contributed by atoms with Crippen molar-refractivity contribution >= 4 is 0 Å². The van der Waals surface area contributed by atoms with Crippen molar-refractivity contribution in [3.05, 3.63) is 35.6 Å². The maximum absolute atomic E-state index is 13.1. The van der Waals surface area contributed by atoms with Crippen molar-refractivity contribution in [3.63, 3.8) is 0 Å². The summed E-state index contributed by atoms with van der Waals surface area (Å²) in [5.41, 5.74) is 1.04. The van der Waals surface area contributed by atoms with Crippen molar-refractivity contribution in [2.45, 2.75) is 45.2 Å². The first kappa shape index (κ1) is 11.6. The minimum atomic E-state index is -0.148. The molecule has 0 bridgehead atoms. The minimum Gasteiger partial charge on any atom is -0.307 e. The SMILES string of the molecule is CCC(NC(C)c1cccc(F)c1)C1CC1. The van der Waals surface area contributed by atoms with Crippen LogP contribution in [0.1, 0.15) is 44.7 Å². The zero-order chi connectivity index (χ0) is 11.5. The first-order valence-corrected chi connectivity index (χ1v) is 6.22. The molecular weight excluding hydrogens is 201 g/mol. The summed E-state index contributed by atoms with van der Waals surface area (Å²) < 4.78 is 13.1. The van der Waals surface area contributed by atoms with Crippen LogP contribution in [0.3, 0.4) is 0 Å². The Balaban J connectivity index is 1.98. The Hall–Kier alpha value is -0.890. The molecule has 1 fully saturated rings. The summed E-state index contributed by atoms with van der Waals surface area (Å²) in [6, 6.07) is 7.71. The van der Waals surface area contributed by atoms with Crippen molar-refractivity contribution in [2.75, 3.05) is 0 Å². The van der Waals surface area contributed by atoms with Gasteiger partial charge < -0.3 is 5.32 Å². The molecule has 1 nitrogen and oxygen atoms in total. The van der Waals surface area contributed by atoms with E-state index in [1.54, 1.807) is 12.1 Å². The van der Waals surface area contributed by atoms with E-state index in [-0.39, 0.29) is 11.9 Å². The molecule has 1 saturated carbocycles. The standard InChI is InChI=1S/C14H20FN/c1-3-14(11-7-8-11)16-10(2)12-5-4-6-13(15)9-12/h4-6,9-11,14,16H,3,7-8H2,1-2H3. The molecule has 1 aromatic rings. The van der Waals surface area contributed by atoms with Gasteiger partial charge in [-0.05, 0) is 49.8 Å². The monoisotopic (exact) mass is 221 g/mol. The number of hydrogen-bond acceptors (Lipinski definition) is 1. The largest absolute Gasteiger partial charge is 0.307 e. The van der Waals surface area contributed by atoms with Crippen molar-refractivity contribution in [1.82, 2.24) is 5.32 Å². The fourth-order valence-corrected chi connectivity index (χ4v) is 2.28. The molecule has 2 heteroatoms. The Morgan fingerprint density at radius 1 is 1.44 bits per heavy atom. The van der Waals surface area contributed by atoms with Crippen LogP contribution in [0.25, 0.3) is 0 Å². The van der Waals surface area contributed by atoms with Gasteiger partial charge in [0.25, 0.3) is 0 Å². The third kappa shape index (κ3) is 2.82. The van der Waals surface area contributed by atoms with Gasteiger partial charge in [0.2, 0.25) is 0 Å². The highest BCUT2D eigenvalue weighted by Crippen LogP contribution is 2.35. The third-order valence-electron chi connectivity index (χ3n) is 3.44. The van der Waals surface area contributed by atoms with Crippen molar-refractivity contribution < 1.29 is 4.39 Å². The second-order valence-corrected chi connectivity index (χ2v) is 4.80. The van der Waals surface area contributed by atoms with Crippen LogP contribution >= 0.6 is 0 Å². The van der Waals surface area contributed by atoms with Gasteiger partial charge in [-0.25, -0.2) is 4.39 Å². The molecule has 16 heavy (non-hydrogen) atoms. The molecule has 1 aliphatic carbocycles. The van der Waals surface area contributed by atoms with Gasteiger partial charge in [-0.15, -0.1) is 0 Å². The van der Waals surface area contributed by atoms with E-state index in [0.29, 0.717) is 6.04 Å². The number of halogens is 1. The molecule has 0 radical (unpaired) electrons. The van der Waals surface area contributed by atoms with Crippen molar-refractivity contribution in [2.24, 2.45) is 5.92 Å². The molecular formula is C14H20FN. The van der Waals surface area contributed by atoms with Gasteiger partial charge in [-0.3, -0.25) is 0 Å². The summed E-state index contributed by atoms with van der Waals surface area (Å²) in [4.78, 5) is 0. The van der Waals surface area contributed by atoms with Gasteiger partial charge >= 0.3 is 0 Å². The molecule has 0 aromatic heterocycles. The molecule has 88 valence electrons. The van der Waals surface area contributed by atoms with E-state index in [4.69, 9.17) is 0 Å². The smallest absolute Gasteiger partial charge is 0.123 e. The Bertz CT molecular complexity index is 346. The van der Waals surface area contributed by atoms with Crippen LogP contribution in [0.15, 0.2) is 24.3 Å². The lowest BCUT2D eigenvalue weighted by molar-refractivity contribution is 0.404. The molecule has 0 spiro atoms. The molecule has 2 rings (SSSR count). The summed E-state index contributed by atoms with van der Waals surface area (Å²) in [5, 5.41) is 3.61. The Morgan fingerprint density at radius 3 is 2.75 bits per heavy atom. The van der Waals surface area contributed by atoms with E-state index < -0.39 is 0 Å². The van der Waals surface area contributed by atoms with Gasteiger partial charge in [0.1, 0.15) is 5.82 Å². The zero-order valence-electron chi connectivity index (χ0n) is 10.0. The molecule has 0 aliphatic heterocycles. The van der Waals surface area contributed by atoms with E-state index in [2.05, 4.69) is 19.2 Å². The summed E-state index contributed by atoms with van der Waals surface area (Å²) in [7, 11) is 0. The Labute approximate surface area is 97.1 Å². The normalized spacial score (nSPS) is 19.4. The average molecular weight is 221 g/mol. The average Bonchev–Trinajstić information content (AvgIpc) is 3.09. The molecule has 2 atom stereocenters. The van der Waals surface area contributed by atoms with Crippen molar-refractivity contribution in [3.8, 4) is 0 Å². The molecule has 1 N–H and O–H groups in total. The Kier molecular flexibility index (Phi) is 3.59. The lowest BCUT2D eigenvalue weighted by Crippen LogP contribution is -2.32. The van der Waals surface area contributed by atoms with Crippen LogP contribution in [0.2, 0.25) is 0 Å². The van der Waals surface area contributed by atoms with Gasteiger partial charge in [-0.1, -0.05) is 19.1 Å². The number of benzene rings is 1. The van der Waals surface area contributed by atoms with E-state index in [0.717, 1.165) is 17.9 Å². The molecule has 1 aromatic carbocycles. The predicted molar refractivity (Wildman–Crippen MR) is 64.8 cm³/mol. The molecule has 1 aliphatic rings. The second-order valence-electron chi connectivity index (χ2n) is 4.80. The minimum absolute atomic E-state index is 0.148. The van der Waals surface area contributed by atoms with E-state index >= 15 is 0 Å². The summed E-state index contributed by atoms with van der Waals surface area (Å²) in [6.07, 6.45) is 3.85. The van der Waals surface area contributed by atoms with E-state index in [1.165, 1.54) is 18.9 Å². The number of rotatable bonds is 5. The van der Waals surface area contributed by atoms with Crippen LogP contribution in [-0.4, -0.2) is 6.04 Å². The quantitative estimate of drug-likeness (QED) is 0.800. The Morgan fingerprint density at radius 2 is 2.19 bits per heavy atom. The summed E-state index contributed by atoms with van der Waals surface area (Å²) >= 11 is 0. The first-order chi connectivity index (χ1) is 7.70. The topological polar surface area (TPSA) is 12.0 Å². The molecule has 0 heterocycles. The van der Waals surface area contributed by atoms with Crippen LogP contribution < -0.4 is 5.32 Å². The van der Waals surface area contributed by atoms with E-state index in [1.807, 2.05) is 6.07 Å². The third-order valence-corrected chi connectivity index (χ3v) is 3.44. The van der Waals surface area contributed by atoms with Gasteiger partial charge in [0, 0.05) is 12.1 Å². The lowest BCUT2D eigenvalue weighted by Gasteiger charge is -2.22. The van der Waals surface area contributed by atoms with Crippen LogP contribution in [0.5, 0.6) is 0 Å². The van der Waals surface area contributed by atoms with Gasteiger partial charge in [0.05, 0.1) is 0 Å². The fraction of sp³-hybridized carbons (Fsp3) is 0.571. The molecule has 2 unspecified atom stereocenters. The highest BCUT2D eigenvalue weighted by Gasteiger charge is 2.30. The van der Waals surface area contributed by atoms with Crippen LogP contribution in [0.4, 0.5) is 4.39 Å². The highest BCUT2D eigenvalue weighted by atomic mass is 19.1. The maximum Gasteiger partial charge on any atom is 0.123 e. The summed E-state index contributed by atoms with van der Waals surface area (Å²) in [6.45, 7) is 4.33. The first-order valence-electron chi connectivity index (χ1n) is 6.22. The summed E-state index contributed by atoms with van der Waals surface area (Å²) in [5.74, 6) is 0.701. The second kappa shape index (κ2) is 4.96. The lowest BCUT2D eigenvalue weighted by atomic mass is 10.0. The van der Waals surface area contributed by atoms with Gasteiger partial charge in [0.15, 0.2) is 0 Å². The van der Waals surface area contributed by atoms with Crippen molar-refractivity contribution in [1.29, 1.82) is 0 Å². The fourth-order valence-electron chi connectivity index (χ4n) is 2.28. The van der Waals surface area contributed by atoms with E-state index in [9.17, 15) is 4.39 Å². The predicted octanol–water partition coefficient (Wildman–Crippen LogP) is 3.66. The van der Waals surface area contributed by atoms with Crippen LogP contribution in [-0.2, 0) is 0 Å². The zero-order valence-corrected chi connectivity index (χ0v) is 10.0. The number of hydrogen-bond donors (Lipinski definition) is 1.